The van der Waals surface area contributed by atoms with Crippen molar-refractivity contribution in [1.82, 2.24) is 4.98 Å². The van der Waals surface area contributed by atoms with E-state index in [2.05, 4.69) is 10.3 Å². The summed E-state index contributed by atoms with van der Waals surface area (Å²) in [5.41, 5.74) is 8.42. The minimum atomic E-state index is -0.462. The van der Waals surface area contributed by atoms with E-state index < -0.39 is 11.9 Å². The molecule has 0 aliphatic heterocycles. The van der Waals surface area contributed by atoms with Crippen LogP contribution >= 0.6 is 0 Å². The van der Waals surface area contributed by atoms with Crippen LogP contribution in [0.1, 0.15) is 44.2 Å². The highest BCUT2D eigenvalue weighted by molar-refractivity contribution is 6.03. The number of nitrogens with two attached hydrogens (primary N) is 1. The predicted octanol–water partition coefficient (Wildman–Crippen LogP) is 4.33. The molecular formula is C27H29N5O4. The summed E-state index contributed by atoms with van der Waals surface area (Å²) in [6, 6.07) is 17.6. The van der Waals surface area contributed by atoms with Crippen LogP contribution in [-0.2, 0) is 20.8 Å². The fraction of sp³-hybridized carbons (Fsp3) is 0.222. The number of hydrogen-bond acceptors (Lipinski definition) is 6. The highest BCUT2D eigenvalue weighted by atomic mass is 16.5. The third kappa shape index (κ3) is 6.53. The largest absolute Gasteiger partial charge is 0.405 e. The van der Waals surface area contributed by atoms with Gasteiger partial charge in [-0.2, -0.15) is 0 Å². The zero-order valence-electron chi connectivity index (χ0n) is 20.3. The molecule has 4 N–H and O–H groups in total. The second-order valence-corrected chi connectivity index (χ2v) is 7.90. The van der Waals surface area contributed by atoms with Crippen LogP contribution < -0.4 is 20.7 Å². The van der Waals surface area contributed by atoms with Gasteiger partial charge in [-0.3, -0.25) is 24.7 Å². The van der Waals surface area contributed by atoms with Crippen LogP contribution in [0.4, 0.5) is 17.1 Å². The maximum absolute atomic E-state index is 13.3. The van der Waals surface area contributed by atoms with Crippen LogP contribution in [0.15, 0.2) is 66.9 Å². The van der Waals surface area contributed by atoms with Crippen LogP contribution in [0.5, 0.6) is 5.88 Å². The Bertz CT molecular complexity index is 1240. The van der Waals surface area contributed by atoms with Crippen molar-refractivity contribution in [1.29, 1.82) is 5.41 Å². The first-order valence-electron chi connectivity index (χ1n) is 11.6. The third-order valence-electron chi connectivity index (χ3n) is 5.41. The van der Waals surface area contributed by atoms with Gasteiger partial charge in [-0.15, -0.1) is 0 Å². The molecule has 0 fully saturated rings. The zero-order valence-corrected chi connectivity index (χ0v) is 20.3. The van der Waals surface area contributed by atoms with E-state index in [1.165, 1.54) is 11.1 Å². The monoisotopic (exact) mass is 487 g/mol. The Morgan fingerprint density at radius 3 is 2.25 bits per heavy atom. The number of para-hydroxylation sites is 1. The van der Waals surface area contributed by atoms with E-state index in [4.69, 9.17) is 15.9 Å². The number of carbonyl (C=O) groups excluding carboxylic acids is 3. The van der Waals surface area contributed by atoms with Gasteiger partial charge in [-0.1, -0.05) is 32.0 Å². The van der Waals surface area contributed by atoms with Crippen molar-refractivity contribution >= 4 is 40.7 Å². The topological polar surface area (TPSA) is 138 Å². The van der Waals surface area contributed by atoms with Gasteiger partial charge in [0.2, 0.25) is 17.7 Å². The average molecular weight is 488 g/mol. The van der Waals surface area contributed by atoms with Crippen molar-refractivity contribution in [2.24, 2.45) is 5.73 Å². The van der Waals surface area contributed by atoms with E-state index in [1.807, 2.05) is 25.1 Å². The molecule has 0 aliphatic rings. The number of nitrogens with zero attached hydrogens (tertiary/aromatic N) is 2. The number of hydrogen-bond donors (Lipinski definition) is 3. The summed E-state index contributed by atoms with van der Waals surface area (Å²) in [6.45, 7) is 3.58. The number of esters is 1. The van der Waals surface area contributed by atoms with Gasteiger partial charge < -0.3 is 15.8 Å². The number of nitrogen functional groups attached to an aromatic ring is 1. The predicted molar refractivity (Wildman–Crippen MR) is 138 cm³/mol. The molecule has 0 spiro atoms. The molecule has 186 valence electrons. The lowest BCUT2D eigenvalue weighted by molar-refractivity contribution is -0.134. The van der Waals surface area contributed by atoms with Crippen molar-refractivity contribution < 1.29 is 19.1 Å². The Hall–Kier alpha value is -4.53. The quantitative estimate of drug-likeness (QED) is 0.221. The lowest BCUT2D eigenvalue weighted by Gasteiger charge is -2.23. The van der Waals surface area contributed by atoms with E-state index in [9.17, 15) is 14.4 Å². The number of pyridine rings is 1. The first kappa shape index (κ1) is 26.1. The van der Waals surface area contributed by atoms with Crippen LogP contribution in [0.3, 0.4) is 0 Å². The molecule has 0 radical (unpaired) electrons. The van der Waals surface area contributed by atoms with Gasteiger partial charge in [0, 0.05) is 42.4 Å². The summed E-state index contributed by atoms with van der Waals surface area (Å²) < 4.78 is 5.28. The van der Waals surface area contributed by atoms with Crippen molar-refractivity contribution in [2.75, 3.05) is 10.2 Å². The van der Waals surface area contributed by atoms with Crippen molar-refractivity contribution in [3.63, 3.8) is 0 Å². The molecule has 0 bridgehead atoms. The van der Waals surface area contributed by atoms with Gasteiger partial charge in [0.1, 0.15) is 11.5 Å². The number of carbonyl (C=O) groups is 3. The van der Waals surface area contributed by atoms with E-state index in [0.29, 0.717) is 29.0 Å². The van der Waals surface area contributed by atoms with Gasteiger partial charge in [0.05, 0.1) is 0 Å². The number of benzene rings is 2. The van der Waals surface area contributed by atoms with Gasteiger partial charge in [0.15, 0.2) is 0 Å². The maximum atomic E-state index is 13.3. The van der Waals surface area contributed by atoms with E-state index in [1.54, 1.807) is 49.4 Å². The smallest absolute Gasteiger partial charge is 0.312 e. The summed E-state index contributed by atoms with van der Waals surface area (Å²) >= 11 is 0. The number of nitrogens with one attached hydrogen (secondary N) is 2. The van der Waals surface area contributed by atoms with Crippen LogP contribution in [0.2, 0.25) is 0 Å². The molecule has 2 amide bonds. The number of aryl methyl sites for hydroxylation is 1. The number of amides is 2. The molecule has 3 aromatic rings. The highest BCUT2D eigenvalue weighted by Crippen LogP contribution is 2.29. The summed E-state index contributed by atoms with van der Waals surface area (Å²) in [6.07, 6.45) is 2.12. The molecule has 0 unspecified atom stereocenters. The molecule has 1 aromatic heterocycles. The van der Waals surface area contributed by atoms with Crippen LogP contribution in [-0.4, -0.2) is 28.6 Å². The molecule has 0 aliphatic carbocycles. The minimum absolute atomic E-state index is 0.0392. The molecule has 0 saturated carbocycles. The van der Waals surface area contributed by atoms with Crippen LogP contribution in [0, 0.1) is 5.41 Å². The number of amidine groups is 1. The van der Waals surface area contributed by atoms with Gasteiger partial charge in [-0.25, -0.2) is 4.98 Å². The number of rotatable bonds is 10. The third-order valence-corrected chi connectivity index (χ3v) is 5.41. The summed E-state index contributed by atoms with van der Waals surface area (Å²) in [5.74, 6) is -1.18. The van der Waals surface area contributed by atoms with Gasteiger partial charge >= 0.3 is 5.97 Å². The molecule has 1 heterocycles. The second-order valence-electron chi connectivity index (χ2n) is 7.90. The summed E-state index contributed by atoms with van der Waals surface area (Å²) in [7, 11) is 0. The Kier molecular flexibility index (Phi) is 8.88. The first-order chi connectivity index (χ1) is 17.3. The Morgan fingerprint density at radius 2 is 1.64 bits per heavy atom. The molecule has 2 aromatic carbocycles. The number of anilines is 3. The lowest BCUT2D eigenvalue weighted by Crippen LogP contribution is -2.27. The van der Waals surface area contributed by atoms with Gasteiger partial charge in [0.25, 0.3) is 0 Å². The maximum Gasteiger partial charge on any atom is 0.312 e. The molecular weight excluding hydrogens is 458 g/mol. The molecule has 9 nitrogen and oxygen atoms in total. The highest BCUT2D eigenvalue weighted by Gasteiger charge is 2.21. The zero-order chi connectivity index (χ0) is 26.1. The van der Waals surface area contributed by atoms with E-state index >= 15 is 0 Å². The summed E-state index contributed by atoms with van der Waals surface area (Å²) in [4.78, 5) is 43.5. The van der Waals surface area contributed by atoms with Crippen LogP contribution in [0.25, 0.3) is 0 Å². The standard InChI is InChI=1S/C27H29N5O4/c1-3-18-16-17-30-27(36-24(35)4-2)25(18)31-22(33)14-15-23(34)32(20-8-6-5-7-9-20)21-12-10-19(11-13-21)26(28)29/h5-13,16-17H,3-4,14-15H2,1-2H3,(H3,28,29)(H,31,33). The minimum Gasteiger partial charge on any atom is -0.405 e. The molecule has 0 atom stereocenters. The fourth-order valence-electron chi connectivity index (χ4n) is 3.50. The Morgan fingerprint density at radius 1 is 0.972 bits per heavy atom. The fourth-order valence-corrected chi connectivity index (χ4v) is 3.50. The normalized spacial score (nSPS) is 10.4. The van der Waals surface area contributed by atoms with Crippen molar-refractivity contribution in [3.8, 4) is 5.88 Å². The first-order valence-corrected chi connectivity index (χ1v) is 11.6. The SMILES string of the molecule is CCC(=O)Oc1nccc(CC)c1NC(=O)CCC(=O)N(c1ccccc1)c1ccc(C(=N)N)cc1. The van der Waals surface area contributed by atoms with E-state index in [0.717, 1.165) is 5.56 Å². The number of ether oxygens (including phenoxy) is 1. The van der Waals surface area contributed by atoms with Gasteiger partial charge in [-0.05, 0) is 54.4 Å². The summed E-state index contributed by atoms with van der Waals surface area (Å²) in [5, 5.41) is 10.3. The molecule has 0 saturated heterocycles. The van der Waals surface area contributed by atoms with Crippen molar-refractivity contribution in [3.05, 3.63) is 78.0 Å². The Balaban J connectivity index is 1.77. The molecule has 9 heteroatoms. The molecule has 36 heavy (non-hydrogen) atoms. The average Bonchev–Trinajstić information content (AvgIpc) is 2.89. The number of aromatic nitrogens is 1. The molecule has 3 rings (SSSR count). The Labute approximate surface area is 209 Å². The van der Waals surface area contributed by atoms with Crippen molar-refractivity contribution in [2.45, 2.75) is 39.5 Å². The second kappa shape index (κ2) is 12.3. The van der Waals surface area contributed by atoms with E-state index in [-0.39, 0.29) is 36.9 Å². The lowest BCUT2D eigenvalue weighted by atomic mass is 10.1.